The lowest BCUT2D eigenvalue weighted by molar-refractivity contribution is 0.0735. The minimum absolute atomic E-state index is 0.345. The van der Waals surface area contributed by atoms with Gasteiger partial charge >= 0.3 is 5.97 Å². The van der Waals surface area contributed by atoms with E-state index in [1.807, 2.05) is 60.7 Å². The van der Waals surface area contributed by atoms with Crippen LogP contribution in [0.3, 0.4) is 0 Å². The zero-order chi connectivity index (χ0) is 17.5. The Kier molecular flexibility index (Phi) is 5.43. The van der Waals surface area contributed by atoms with E-state index in [2.05, 4.69) is 18.7 Å². The number of carbonyl (C=O) groups excluding carboxylic acids is 1. The van der Waals surface area contributed by atoms with Gasteiger partial charge in [-0.15, -0.1) is 6.58 Å². The van der Waals surface area contributed by atoms with Crippen LogP contribution in [0.25, 0.3) is 11.1 Å². The molecule has 0 spiro atoms. The van der Waals surface area contributed by atoms with E-state index in [9.17, 15) is 4.79 Å². The molecule has 0 unspecified atom stereocenters. The van der Waals surface area contributed by atoms with Crippen molar-refractivity contribution in [3.8, 4) is 16.9 Å². The quantitative estimate of drug-likeness (QED) is 0.330. The van der Waals surface area contributed by atoms with Crippen molar-refractivity contribution in [1.29, 1.82) is 0 Å². The molecule has 25 heavy (non-hydrogen) atoms. The minimum atomic E-state index is -0.345. The van der Waals surface area contributed by atoms with Crippen LogP contribution in [0.4, 0.5) is 0 Å². The predicted octanol–water partition coefficient (Wildman–Crippen LogP) is 5.69. The first-order chi connectivity index (χ1) is 12.3. The molecule has 0 N–H and O–H groups in total. The summed E-state index contributed by atoms with van der Waals surface area (Å²) in [6.45, 7) is 3.72. The lowest BCUT2D eigenvalue weighted by atomic mass is 10.1. The van der Waals surface area contributed by atoms with Crippen LogP contribution < -0.4 is 4.74 Å². The summed E-state index contributed by atoms with van der Waals surface area (Å²) >= 11 is 0. The Labute approximate surface area is 148 Å². The highest BCUT2D eigenvalue weighted by Crippen LogP contribution is 2.22. The van der Waals surface area contributed by atoms with Gasteiger partial charge in [0.1, 0.15) is 5.75 Å². The van der Waals surface area contributed by atoms with Gasteiger partial charge < -0.3 is 4.74 Å². The average molecular weight is 328 g/mol. The summed E-state index contributed by atoms with van der Waals surface area (Å²) in [6, 6.07) is 25.2. The number of allylic oxidation sites excluding steroid dienone is 1. The lowest BCUT2D eigenvalue weighted by Gasteiger charge is -2.07. The number of rotatable bonds is 6. The van der Waals surface area contributed by atoms with Crippen molar-refractivity contribution >= 4 is 5.97 Å². The maximum atomic E-state index is 12.3. The summed E-state index contributed by atoms with van der Waals surface area (Å²) in [7, 11) is 0. The van der Waals surface area contributed by atoms with Crippen LogP contribution in [-0.4, -0.2) is 5.97 Å². The molecule has 2 nitrogen and oxygen atoms in total. The fraction of sp³-hybridized carbons (Fsp3) is 0.0870. The molecule has 3 aromatic carbocycles. The molecule has 2 heteroatoms. The van der Waals surface area contributed by atoms with Crippen LogP contribution in [0, 0.1) is 0 Å². The standard InChI is InChI=1S/C23H20O2/c1-2-3-7-18-10-12-21(13-11-18)23(24)25-22-16-14-20(15-17-22)19-8-5-4-6-9-19/h2,4-6,8-17H,1,3,7H2. The predicted molar refractivity (Wildman–Crippen MR) is 102 cm³/mol. The highest BCUT2D eigenvalue weighted by atomic mass is 16.5. The average Bonchev–Trinajstić information content (AvgIpc) is 2.68. The van der Waals surface area contributed by atoms with E-state index < -0.39 is 0 Å². The molecular formula is C23H20O2. The summed E-state index contributed by atoms with van der Waals surface area (Å²) in [6.07, 6.45) is 3.75. The van der Waals surface area contributed by atoms with E-state index >= 15 is 0 Å². The highest BCUT2D eigenvalue weighted by Gasteiger charge is 2.08. The molecule has 0 aliphatic rings. The number of benzene rings is 3. The molecule has 0 fully saturated rings. The van der Waals surface area contributed by atoms with Gasteiger partial charge in [0.2, 0.25) is 0 Å². The second-order valence-corrected chi connectivity index (χ2v) is 5.80. The van der Waals surface area contributed by atoms with Crippen molar-refractivity contribution in [2.45, 2.75) is 12.8 Å². The summed E-state index contributed by atoms with van der Waals surface area (Å²) in [4.78, 5) is 12.3. The Bertz CT molecular complexity index is 832. The van der Waals surface area contributed by atoms with Gasteiger partial charge in [0.05, 0.1) is 5.56 Å². The SMILES string of the molecule is C=CCCc1ccc(C(=O)Oc2ccc(-c3ccccc3)cc2)cc1. The topological polar surface area (TPSA) is 26.3 Å². The van der Waals surface area contributed by atoms with Crippen molar-refractivity contribution in [2.75, 3.05) is 0 Å². The maximum absolute atomic E-state index is 12.3. The largest absolute Gasteiger partial charge is 0.423 e. The van der Waals surface area contributed by atoms with Crippen LogP contribution in [0.1, 0.15) is 22.3 Å². The van der Waals surface area contributed by atoms with Gasteiger partial charge in [0.15, 0.2) is 0 Å². The first-order valence-electron chi connectivity index (χ1n) is 8.34. The molecule has 0 amide bonds. The molecule has 0 radical (unpaired) electrons. The second-order valence-electron chi connectivity index (χ2n) is 5.80. The van der Waals surface area contributed by atoms with Crippen LogP contribution in [0.5, 0.6) is 5.75 Å². The number of aryl methyl sites for hydroxylation is 1. The number of hydrogen-bond acceptors (Lipinski definition) is 2. The molecule has 0 saturated heterocycles. The Hall–Kier alpha value is -3.13. The Balaban J connectivity index is 1.65. The van der Waals surface area contributed by atoms with Crippen molar-refractivity contribution in [3.05, 3.63) is 103 Å². The molecular weight excluding hydrogens is 308 g/mol. The van der Waals surface area contributed by atoms with Gasteiger partial charge in [-0.3, -0.25) is 0 Å². The van der Waals surface area contributed by atoms with Crippen LogP contribution >= 0.6 is 0 Å². The van der Waals surface area contributed by atoms with Crippen LogP contribution in [-0.2, 0) is 6.42 Å². The first kappa shape index (κ1) is 16.7. The smallest absolute Gasteiger partial charge is 0.343 e. The summed E-state index contributed by atoms with van der Waals surface area (Å²) in [5, 5.41) is 0. The summed E-state index contributed by atoms with van der Waals surface area (Å²) in [5.41, 5.74) is 3.96. The van der Waals surface area contributed by atoms with Gasteiger partial charge in [0, 0.05) is 0 Å². The summed E-state index contributed by atoms with van der Waals surface area (Å²) in [5.74, 6) is 0.197. The van der Waals surface area contributed by atoms with Crippen molar-refractivity contribution < 1.29 is 9.53 Å². The van der Waals surface area contributed by atoms with Gasteiger partial charge in [-0.2, -0.15) is 0 Å². The Morgan fingerprint density at radius 2 is 1.48 bits per heavy atom. The highest BCUT2D eigenvalue weighted by molar-refractivity contribution is 5.91. The summed E-state index contributed by atoms with van der Waals surface area (Å²) < 4.78 is 5.46. The number of hydrogen-bond donors (Lipinski definition) is 0. The van der Waals surface area contributed by atoms with E-state index in [0.29, 0.717) is 11.3 Å². The van der Waals surface area contributed by atoms with Gasteiger partial charge in [-0.25, -0.2) is 4.79 Å². The molecule has 0 atom stereocenters. The monoisotopic (exact) mass is 328 g/mol. The number of carbonyl (C=O) groups is 1. The van der Waals surface area contributed by atoms with Crippen molar-refractivity contribution in [2.24, 2.45) is 0 Å². The van der Waals surface area contributed by atoms with E-state index in [1.165, 1.54) is 5.56 Å². The third-order valence-corrected chi connectivity index (χ3v) is 4.00. The fourth-order valence-electron chi connectivity index (χ4n) is 2.59. The van der Waals surface area contributed by atoms with E-state index in [-0.39, 0.29) is 5.97 Å². The number of ether oxygens (including phenoxy) is 1. The zero-order valence-electron chi connectivity index (χ0n) is 14.0. The Morgan fingerprint density at radius 3 is 2.12 bits per heavy atom. The molecule has 0 bridgehead atoms. The van der Waals surface area contributed by atoms with E-state index in [1.54, 1.807) is 12.1 Å². The molecule has 3 rings (SSSR count). The second kappa shape index (κ2) is 8.11. The molecule has 0 aliphatic heterocycles. The van der Waals surface area contributed by atoms with Gasteiger partial charge in [-0.1, -0.05) is 60.7 Å². The van der Waals surface area contributed by atoms with Crippen LogP contribution in [0.15, 0.2) is 91.5 Å². The van der Waals surface area contributed by atoms with E-state index in [4.69, 9.17) is 4.74 Å². The molecule has 0 aliphatic carbocycles. The molecule has 0 saturated carbocycles. The molecule has 0 aromatic heterocycles. The van der Waals surface area contributed by atoms with Gasteiger partial charge in [-0.05, 0) is 53.8 Å². The molecule has 3 aromatic rings. The third-order valence-electron chi connectivity index (χ3n) is 4.00. The minimum Gasteiger partial charge on any atom is -0.423 e. The van der Waals surface area contributed by atoms with Crippen molar-refractivity contribution in [3.63, 3.8) is 0 Å². The van der Waals surface area contributed by atoms with Crippen LogP contribution in [0.2, 0.25) is 0 Å². The fourth-order valence-corrected chi connectivity index (χ4v) is 2.59. The first-order valence-corrected chi connectivity index (χ1v) is 8.34. The molecule has 124 valence electrons. The maximum Gasteiger partial charge on any atom is 0.343 e. The zero-order valence-corrected chi connectivity index (χ0v) is 14.0. The normalized spacial score (nSPS) is 10.2. The van der Waals surface area contributed by atoms with Gasteiger partial charge in [0.25, 0.3) is 0 Å². The van der Waals surface area contributed by atoms with E-state index in [0.717, 1.165) is 24.0 Å². The Morgan fingerprint density at radius 1 is 0.840 bits per heavy atom. The number of esters is 1. The lowest BCUT2D eigenvalue weighted by Crippen LogP contribution is -2.08. The third kappa shape index (κ3) is 4.45. The van der Waals surface area contributed by atoms with Crippen molar-refractivity contribution in [1.82, 2.24) is 0 Å². The molecule has 0 heterocycles.